The van der Waals surface area contributed by atoms with E-state index in [1.165, 1.54) is 0 Å². The van der Waals surface area contributed by atoms with Crippen molar-refractivity contribution in [2.45, 2.75) is 79.0 Å². The molecule has 0 heterocycles. The van der Waals surface area contributed by atoms with Crippen LogP contribution in [0.2, 0.25) is 0 Å². The van der Waals surface area contributed by atoms with E-state index in [1.54, 1.807) is 0 Å². The van der Waals surface area contributed by atoms with Crippen molar-refractivity contribution in [3.63, 3.8) is 0 Å². The van der Waals surface area contributed by atoms with Crippen molar-refractivity contribution in [2.75, 3.05) is 6.54 Å². The standard InChI is InChI=1S/C15H32N2O2/c1-7-12(8-2)17-14(19)11(3)16-10-13(18)9-15(4,5)6/h11-13,16,18H,7-10H2,1-6H3,(H,17,19). The average Bonchev–Trinajstić information content (AvgIpc) is 2.30. The molecule has 0 saturated carbocycles. The van der Waals surface area contributed by atoms with Gasteiger partial charge in [-0.1, -0.05) is 34.6 Å². The van der Waals surface area contributed by atoms with Gasteiger partial charge in [0.15, 0.2) is 0 Å². The Morgan fingerprint density at radius 2 is 1.74 bits per heavy atom. The highest BCUT2D eigenvalue weighted by Crippen LogP contribution is 2.20. The van der Waals surface area contributed by atoms with Crippen LogP contribution < -0.4 is 10.6 Å². The van der Waals surface area contributed by atoms with Gasteiger partial charge in [0.1, 0.15) is 0 Å². The highest BCUT2D eigenvalue weighted by atomic mass is 16.3. The molecule has 114 valence electrons. The normalized spacial score (nSPS) is 15.4. The molecule has 4 heteroatoms. The van der Waals surface area contributed by atoms with Crippen molar-refractivity contribution in [1.29, 1.82) is 0 Å². The highest BCUT2D eigenvalue weighted by Gasteiger charge is 2.19. The lowest BCUT2D eigenvalue weighted by Crippen LogP contribution is -2.48. The summed E-state index contributed by atoms with van der Waals surface area (Å²) in [7, 11) is 0. The third kappa shape index (κ3) is 9.00. The maximum Gasteiger partial charge on any atom is 0.237 e. The van der Waals surface area contributed by atoms with Crippen LogP contribution in [0.1, 0.15) is 60.8 Å². The van der Waals surface area contributed by atoms with Gasteiger partial charge in [-0.15, -0.1) is 0 Å². The van der Waals surface area contributed by atoms with Crippen molar-refractivity contribution in [3.8, 4) is 0 Å². The first kappa shape index (κ1) is 18.4. The van der Waals surface area contributed by atoms with Gasteiger partial charge in [0.05, 0.1) is 12.1 Å². The smallest absolute Gasteiger partial charge is 0.237 e. The SMILES string of the molecule is CCC(CC)NC(=O)C(C)NCC(O)CC(C)(C)C. The molecule has 0 aliphatic heterocycles. The fourth-order valence-corrected chi connectivity index (χ4v) is 2.00. The van der Waals surface area contributed by atoms with Crippen LogP contribution in [0.25, 0.3) is 0 Å². The van der Waals surface area contributed by atoms with Crippen LogP contribution in [0.4, 0.5) is 0 Å². The van der Waals surface area contributed by atoms with E-state index in [4.69, 9.17) is 0 Å². The molecule has 0 radical (unpaired) electrons. The Labute approximate surface area is 118 Å². The molecule has 19 heavy (non-hydrogen) atoms. The van der Waals surface area contributed by atoms with Crippen molar-refractivity contribution in [1.82, 2.24) is 10.6 Å². The third-order valence-electron chi connectivity index (χ3n) is 3.23. The molecule has 1 amide bonds. The number of aliphatic hydroxyl groups excluding tert-OH is 1. The molecule has 0 saturated heterocycles. The summed E-state index contributed by atoms with van der Waals surface area (Å²) in [5, 5.41) is 16.0. The highest BCUT2D eigenvalue weighted by molar-refractivity contribution is 5.81. The molecule has 0 aliphatic rings. The zero-order chi connectivity index (χ0) is 15.1. The van der Waals surface area contributed by atoms with Crippen LogP contribution in [0.15, 0.2) is 0 Å². The van der Waals surface area contributed by atoms with Gasteiger partial charge in [-0.05, 0) is 31.6 Å². The van der Waals surface area contributed by atoms with Crippen LogP contribution in [-0.2, 0) is 4.79 Å². The van der Waals surface area contributed by atoms with Crippen molar-refractivity contribution >= 4 is 5.91 Å². The van der Waals surface area contributed by atoms with E-state index in [-0.39, 0.29) is 23.4 Å². The molecule has 0 aliphatic carbocycles. The fraction of sp³-hybridized carbons (Fsp3) is 0.933. The van der Waals surface area contributed by atoms with Crippen LogP contribution >= 0.6 is 0 Å². The molecule has 0 bridgehead atoms. The molecule has 0 rings (SSSR count). The van der Waals surface area contributed by atoms with Crippen molar-refractivity contribution < 1.29 is 9.90 Å². The van der Waals surface area contributed by atoms with Gasteiger partial charge in [0.25, 0.3) is 0 Å². The molecule has 4 nitrogen and oxygen atoms in total. The molecule has 3 N–H and O–H groups in total. The van der Waals surface area contributed by atoms with E-state index in [1.807, 2.05) is 6.92 Å². The second-order valence-corrected chi connectivity index (χ2v) is 6.57. The topological polar surface area (TPSA) is 61.4 Å². The predicted molar refractivity (Wildman–Crippen MR) is 80.1 cm³/mol. The summed E-state index contributed by atoms with van der Waals surface area (Å²) in [6.07, 6.45) is 2.20. The molecular formula is C15H32N2O2. The lowest BCUT2D eigenvalue weighted by atomic mass is 9.89. The molecule has 0 aromatic heterocycles. The predicted octanol–water partition coefficient (Wildman–Crippen LogP) is 2.07. The van der Waals surface area contributed by atoms with Crippen molar-refractivity contribution in [3.05, 3.63) is 0 Å². The number of amides is 1. The Hall–Kier alpha value is -0.610. The Morgan fingerprint density at radius 1 is 1.21 bits per heavy atom. The summed E-state index contributed by atoms with van der Waals surface area (Å²) in [5.41, 5.74) is 0.0993. The lowest BCUT2D eigenvalue weighted by Gasteiger charge is -2.24. The number of nitrogens with one attached hydrogen (secondary N) is 2. The van der Waals surface area contributed by atoms with Gasteiger partial charge in [-0.2, -0.15) is 0 Å². The van der Waals surface area contributed by atoms with Gasteiger partial charge < -0.3 is 15.7 Å². The second-order valence-electron chi connectivity index (χ2n) is 6.57. The van der Waals surface area contributed by atoms with E-state index < -0.39 is 6.10 Å². The minimum atomic E-state index is -0.414. The van der Waals surface area contributed by atoms with Crippen molar-refractivity contribution in [2.24, 2.45) is 5.41 Å². The Bertz CT molecular complexity index is 257. The molecule has 2 atom stereocenters. The van der Waals surface area contributed by atoms with Gasteiger partial charge in [0.2, 0.25) is 5.91 Å². The monoisotopic (exact) mass is 272 g/mol. The number of rotatable bonds is 8. The number of carbonyl (C=O) groups is 1. The summed E-state index contributed by atoms with van der Waals surface area (Å²) in [6.45, 7) is 12.7. The molecular weight excluding hydrogens is 240 g/mol. The number of hydrogen-bond donors (Lipinski definition) is 3. The largest absolute Gasteiger partial charge is 0.392 e. The zero-order valence-corrected chi connectivity index (χ0v) is 13.4. The van der Waals surface area contributed by atoms with Gasteiger partial charge in [-0.25, -0.2) is 0 Å². The molecule has 0 fully saturated rings. The van der Waals surface area contributed by atoms with Crippen LogP contribution in [0.3, 0.4) is 0 Å². The average molecular weight is 272 g/mol. The van der Waals surface area contributed by atoms with Crippen LogP contribution in [0, 0.1) is 5.41 Å². The lowest BCUT2D eigenvalue weighted by molar-refractivity contribution is -0.123. The number of carbonyl (C=O) groups excluding carboxylic acids is 1. The van der Waals surface area contributed by atoms with E-state index in [0.29, 0.717) is 6.54 Å². The van der Waals surface area contributed by atoms with E-state index in [9.17, 15) is 9.90 Å². The second kappa shape index (κ2) is 8.54. The van der Waals surface area contributed by atoms with Gasteiger partial charge in [-0.3, -0.25) is 4.79 Å². The molecule has 0 aromatic carbocycles. The summed E-state index contributed by atoms with van der Waals surface area (Å²) < 4.78 is 0. The maximum absolute atomic E-state index is 11.9. The minimum Gasteiger partial charge on any atom is -0.392 e. The first-order chi connectivity index (χ1) is 8.69. The quantitative estimate of drug-likeness (QED) is 0.634. The Morgan fingerprint density at radius 3 is 2.16 bits per heavy atom. The number of aliphatic hydroxyl groups is 1. The van der Waals surface area contributed by atoms with Gasteiger partial charge >= 0.3 is 0 Å². The summed E-state index contributed by atoms with van der Waals surface area (Å²) in [6, 6.07) is -0.0218. The first-order valence-corrected chi connectivity index (χ1v) is 7.41. The summed E-state index contributed by atoms with van der Waals surface area (Å²) in [4.78, 5) is 11.9. The Balaban J connectivity index is 4.03. The summed E-state index contributed by atoms with van der Waals surface area (Å²) in [5.74, 6) is 0.0108. The third-order valence-corrected chi connectivity index (χ3v) is 3.23. The van der Waals surface area contributed by atoms with E-state index in [0.717, 1.165) is 19.3 Å². The summed E-state index contributed by atoms with van der Waals surface area (Å²) >= 11 is 0. The zero-order valence-electron chi connectivity index (χ0n) is 13.4. The Kier molecular flexibility index (Phi) is 8.26. The maximum atomic E-state index is 11.9. The molecule has 2 unspecified atom stereocenters. The van der Waals surface area contributed by atoms with Crippen LogP contribution in [0.5, 0.6) is 0 Å². The van der Waals surface area contributed by atoms with Gasteiger partial charge in [0, 0.05) is 12.6 Å². The molecule has 0 spiro atoms. The fourth-order valence-electron chi connectivity index (χ4n) is 2.00. The first-order valence-electron chi connectivity index (χ1n) is 7.41. The van der Waals surface area contributed by atoms with Crippen LogP contribution in [-0.4, -0.2) is 35.7 Å². The molecule has 0 aromatic rings. The van der Waals surface area contributed by atoms with E-state index >= 15 is 0 Å². The van der Waals surface area contributed by atoms with E-state index in [2.05, 4.69) is 45.3 Å². The number of hydrogen-bond acceptors (Lipinski definition) is 3. The minimum absolute atomic E-state index is 0.0108.